The minimum atomic E-state index is -1.72. The Bertz CT molecular complexity index is 2060. The molecule has 0 radical (unpaired) electrons. The molecule has 8 N–H and O–H groups in total. The van der Waals surface area contributed by atoms with Crippen molar-refractivity contribution in [1.29, 1.82) is 0 Å². The van der Waals surface area contributed by atoms with E-state index < -0.39 is 125 Å². The number of hydrogen-bond acceptors (Lipinski definition) is 14. The van der Waals surface area contributed by atoms with E-state index in [9.17, 15) is 48.3 Å². The number of likely N-dealkylation sites (N-methyl/N-ethyl adjacent to an activating group) is 1. The molecule has 1 aliphatic heterocycles. The predicted octanol–water partition coefficient (Wildman–Crippen LogP) is 3.57. The number of rotatable bonds is 32. The molecule has 0 unspecified atom stereocenters. The molecular formula is C54H89N7O14. The Morgan fingerprint density at radius 3 is 1.85 bits per heavy atom. The highest BCUT2D eigenvalue weighted by Crippen LogP contribution is 2.23. The molecule has 0 bridgehead atoms. The number of hydrogen-bond donors (Lipinski definition) is 7. The minimum absolute atomic E-state index is 0.0205. The average Bonchev–Trinajstić information content (AvgIpc) is 3.88. The van der Waals surface area contributed by atoms with Crippen LogP contribution in [-0.4, -0.2) is 145 Å². The summed E-state index contributed by atoms with van der Waals surface area (Å²) in [6.07, 6.45) is -1.11. The highest BCUT2D eigenvalue weighted by molar-refractivity contribution is 5.96. The van der Waals surface area contributed by atoms with Crippen LogP contribution in [0.1, 0.15) is 140 Å². The van der Waals surface area contributed by atoms with Crippen molar-refractivity contribution in [1.82, 2.24) is 31.5 Å². The quantitative estimate of drug-likeness (QED) is 0.0508. The van der Waals surface area contributed by atoms with Crippen LogP contribution >= 0.6 is 0 Å². The number of carboxylic acid groups (broad SMARTS) is 1. The SMILES string of the molecule is CC[C@H](C)[C@H](NC(=O)[C@H](Cc1ccc(OC(C)(C)C)cc1)N(C)C(=O)[C@@H](NC(=O)[C@@H](N)CCC1OCCO1)[C@@H](C)CC)C(=O)O[C@H](C)[C@H](NC(=O)[C@H](CCC(=O)NC)CC(=O)C(C)C)C(=O)N[C@@H](CC(C)C)C(=O)O. The van der Waals surface area contributed by atoms with Crippen molar-refractivity contribution in [2.24, 2.45) is 35.3 Å². The predicted molar refractivity (Wildman–Crippen MR) is 281 cm³/mol. The van der Waals surface area contributed by atoms with E-state index in [0.29, 0.717) is 43.8 Å². The standard InChI is InChI=1S/C54H89N7O14/c1-15-32(7)44(58-48(65)38(55)22-24-43-72-25-26-73-43)51(68)61(14)40(28-35-17-20-37(21-18-35)75-54(10,11)12)49(66)59-45(33(8)16-2)53(71)74-34(9)46(50(67)57-39(52(69)70)27-30(3)4)60-47(64)36(19-23-42(63)56-13)29-41(62)31(5)6/h17-18,20-21,30-34,36,38-40,43-46H,15-16,19,22-29,55H2,1-14H3,(H,56,63)(H,57,67)(H,58,65)(H,59,66)(H,60,64)(H,69,70)/t32-,33-,34+,36+,38-,39-,40-,44-,45-,46-/m0/s1. The molecule has 1 fully saturated rings. The first-order valence-electron chi connectivity index (χ1n) is 26.4. The van der Waals surface area contributed by atoms with Crippen molar-refractivity contribution < 1.29 is 67.2 Å². The number of carboxylic acids is 1. The Kier molecular flexibility index (Phi) is 27.4. The third-order valence-electron chi connectivity index (χ3n) is 13.3. The number of benzene rings is 1. The zero-order valence-electron chi connectivity index (χ0n) is 46.9. The molecule has 2 rings (SSSR count). The summed E-state index contributed by atoms with van der Waals surface area (Å²) in [5, 5.41) is 23.2. The van der Waals surface area contributed by atoms with Gasteiger partial charge < -0.3 is 61.3 Å². The lowest BCUT2D eigenvalue weighted by Gasteiger charge is -2.35. The van der Waals surface area contributed by atoms with Crippen LogP contribution in [0.25, 0.3) is 0 Å². The van der Waals surface area contributed by atoms with Crippen LogP contribution in [0.4, 0.5) is 0 Å². The molecular weight excluding hydrogens is 971 g/mol. The summed E-state index contributed by atoms with van der Waals surface area (Å²) in [6, 6.07) is -0.921. The monoisotopic (exact) mass is 1060 g/mol. The molecule has 1 saturated heterocycles. The van der Waals surface area contributed by atoms with Crippen molar-refractivity contribution in [3.05, 3.63) is 29.8 Å². The molecule has 0 saturated carbocycles. The van der Waals surface area contributed by atoms with Gasteiger partial charge in [-0.3, -0.25) is 33.6 Å². The average molecular weight is 1060 g/mol. The summed E-state index contributed by atoms with van der Waals surface area (Å²) in [5.74, 6) is -8.94. The summed E-state index contributed by atoms with van der Waals surface area (Å²) in [4.78, 5) is 125. The molecule has 6 amide bonds. The van der Waals surface area contributed by atoms with Crippen molar-refractivity contribution >= 4 is 53.2 Å². The number of carbonyl (C=O) groups excluding carboxylic acids is 8. The van der Waals surface area contributed by atoms with E-state index in [0.717, 1.165) is 0 Å². The van der Waals surface area contributed by atoms with Crippen molar-refractivity contribution in [3.63, 3.8) is 0 Å². The fourth-order valence-corrected chi connectivity index (χ4v) is 8.11. The molecule has 0 spiro atoms. The number of nitrogens with zero attached hydrogens (tertiary/aromatic N) is 1. The van der Waals surface area contributed by atoms with Gasteiger partial charge in [-0.05, 0) is 82.4 Å². The lowest BCUT2D eigenvalue weighted by molar-refractivity contribution is -0.158. The van der Waals surface area contributed by atoms with Gasteiger partial charge in [0.25, 0.3) is 0 Å². The van der Waals surface area contributed by atoms with E-state index in [1.54, 1.807) is 72.7 Å². The molecule has 0 aromatic heterocycles. The zero-order valence-corrected chi connectivity index (χ0v) is 46.9. The summed E-state index contributed by atoms with van der Waals surface area (Å²) in [6.45, 7) is 21.9. The number of Topliss-reactive ketones (excluding diaryl/α,β-unsaturated/α-hetero) is 1. The third kappa shape index (κ3) is 22.2. The van der Waals surface area contributed by atoms with Gasteiger partial charge in [-0.25, -0.2) is 9.59 Å². The van der Waals surface area contributed by atoms with Crippen molar-refractivity contribution in [2.75, 3.05) is 27.3 Å². The zero-order chi connectivity index (χ0) is 56.9. The summed E-state index contributed by atoms with van der Waals surface area (Å²) < 4.78 is 22.9. The number of amides is 6. The first kappa shape index (κ1) is 65.4. The third-order valence-corrected chi connectivity index (χ3v) is 13.3. The smallest absolute Gasteiger partial charge is 0.329 e. The van der Waals surface area contributed by atoms with Crippen LogP contribution in [0.15, 0.2) is 24.3 Å². The Hall–Kier alpha value is -5.67. The normalized spacial score (nSPS) is 16.9. The topological polar surface area (TPSA) is 300 Å². The second-order valence-electron chi connectivity index (χ2n) is 21.5. The van der Waals surface area contributed by atoms with Gasteiger partial charge in [0.05, 0.1) is 19.3 Å². The number of nitrogens with one attached hydrogen (secondary N) is 5. The Labute approximate surface area is 443 Å². The van der Waals surface area contributed by atoms with Crippen molar-refractivity contribution in [3.8, 4) is 5.75 Å². The maximum Gasteiger partial charge on any atom is 0.329 e. The first-order valence-corrected chi connectivity index (χ1v) is 26.4. The Balaban J connectivity index is 2.62. The lowest BCUT2D eigenvalue weighted by Crippen LogP contribution is -2.60. The molecule has 10 atom stereocenters. The van der Waals surface area contributed by atoms with Gasteiger partial charge in [0, 0.05) is 51.6 Å². The van der Waals surface area contributed by atoms with Gasteiger partial charge in [-0.1, -0.05) is 80.4 Å². The summed E-state index contributed by atoms with van der Waals surface area (Å²) in [5.41, 5.74) is 6.42. The van der Waals surface area contributed by atoms with Gasteiger partial charge >= 0.3 is 11.9 Å². The molecule has 1 aromatic carbocycles. The van der Waals surface area contributed by atoms with Crippen molar-refractivity contribution in [2.45, 2.75) is 195 Å². The van der Waals surface area contributed by atoms with E-state index >= 15 is 0 Å². The molecule has 75 heavy (non-hydrogen) atoms. The second kappa shape index (κ2) is 31.4. The Morgan fingerprint density at radius 1 is 0.773 bits per heavy atom. The fourth-order valence-electron chi connectivity index (χ4n) is 8.11. The number of ketones is 1. The van der Waals surface area contributed by atoms with Crippen LogP contribution in [0.5, 0.6) is 5.75 Å². The van der Waals surface area contributed by atoms with E-state index in [1.807, 2.05) is 27.7 Å². The molecule has 1 heterocycles. The second-order valence-corrected chi connectivity index (χ2v) is 21.5. The van der Waals surface area contributed by atoms with Gasteiger partial charge in [0.2, 0.25) is 35.4 Å². The van der Waals surface area contributed by atoms with E-state index in [4.69, 9.17) is 24.7 Å². The van der Waals surface area contributed by atoms with E-state index in [1.165, 1.54) is 25.9 Å². The molecule has 1 aromatic rings. The van der Waals surface area contributed by atoms with Gasteiger partial charge in [0.1, 0.15) is 53.4 Å². The number of esters is 1. The Morgan fingerprint density at radius 2 is 1.33 bits per heavy atom. The van der Waals surface area contributed by atoms with Gasteiger partial charge in [-0.15, -0.1) is 0 Å². The minimum Gasteiger partial charge on any atom is -0.488 e. The van der Waals surface area contributed by atoms with Gasteiger partial charge in [0.15, 0.2) is 6.29 Å². The van der Waals surface area contributed by atoms with Crippen LogP contribution in [0, 0.1) is 29.6 Å². The number of ether oxygens (including phenoxy) is 4. The molecule has 0 aliphatic carbocycles. The van der Waals surface area contributed by atoms with Crippen LogP contribution in [0.3, 0.4) is 0 Å². The maximum absolute atomic E-state index is 14.9. The van der Waals surface area contributed by atoms with Crippen LogP contribution in [0.2, 0.25) is 0 Å². The van der Waals surface area contributed by atoms with Gasteiger partial charge in [-0.2, -0.15) is 0 Å². The summed E-state index contributed by atoms with van der Waals surface area (Å²) in [7, 11) is 2.86. The van der Waals surface area contributed by atoms with Crippen LogP contribution in [-0.2, 0) is 63.8 Å². The highest BCUT2D eigenvalue weighted by Gasteiger charge is 2.40. The molecule has 424 valence electrons. The summed E-state index contributed by atoms with van der Waals surface area (Å²) >= 11 is 0. The number of carbonyl (C=O) groups is 9. The molecule has 1 aliphatic rings. The highest BCUT2D eigenvalue weighted by atomic mass is 16.7. The maximum atomic E-state index is 14.9. The lowest BCUT2D eigenvalue weighted by atomic mass is 9.91. The number of aliphatic carboxylic acids is 1. The van der Waals surface area contributed by atoms with E-state index in [-0.39, 0.29) is 50.2 Å². The molecule has 21 nitrogen and oxygen atoms in total. The largest absolute Gasteiger partial charge is 0.488 e. The number of nitrogens with two attached hydrogens (primary N) is 1. The molecule has 21 heteroatoms. The van der Waals surface area contributed by atoms with Crippen LogP contribution < -0.4 is 37.1 Å². The first-order chi connectivity index (χ1) is 35.0. The van der Waals surface area contributed by atoms with E-state index in [2.05, 4.69) is 26.6 Å². The fraction of sp³-hybridized carbons (Fsp3) is 0.722.